The monoisotopic (exact) mass is 262 g/mol. The smallest absolute Gasteiger partial charge is 0.225 e. The molecule has 1 amide bonds. The fraction of sp³-hybridized carbons (Fsp3) is 0.917. The minimum Gasteiger partial charge on any atom is -0.378 e. The van der Waals surface area contributed by atoms with E-state index in [2.05, 4.69) is 5.32 Å². The van der Waals surface area contributed by atoms with Crippen LogP contribution >= 0.6 is 12.4 Å². The first-order chi connectivity index (χ1) is 7.81. The number of halogens is 1. The maximum Gasteiger partial charge on any atom is 0.225 e. The van der Waals surface area contributed by atoms with Crippen LogP contribution in [0.3, 0.4) is 0 Å². The van der Waals surface area contributed by atoms with Crippen molar-refractivity contribution < 1.29 is 9.53 Å². The number of carbonyl (C=O) groups excluding carboxylic acids is 1. The highest BCUT2D eigenvalue weighted by atomic mass is 35.5. The summed E-state index contributed by atoms with van der Waals surface area (Å²) in [6, 6.07) is 0.402. The second kappa shape index (κ2) is 7.19. The molecule has 2 unspecified atom stereocenters. The topological polar surface area (TPSA) is 41.6 Å². The van der Waals surface area contributed by atoms with Gasteiger partial charge in [0.2, 0.25) is 5.91 Å². The van der Waals surface area contributed by atoms with E-state index in [0.29, 0.717) is 12.5 Å². The van der Waals surface area contributed by atoms with Crippen molar-refractivity contribution in [2.75, 3.05) is 26.7 Å². The molecule has 2 fully saturated rings. The first-order valence-electron chi connectivity index (χ1n) is 6.37. The van der Waals surface area contributed by atoms with Crippen molar-refractivity contribution >= 4 is 18.3 Å². The molecule has 2 aliphatic heterocycles. The van der Waals surface area contributed by atoms with Gasteiger partial charge < -0.3 is 15.0 Å². The van der Waals surface area contributed by atoms with Crippen LogP contribution in [-0.4, -0.2) is 49.7 Å². The molecule has 2 heterocycles. The number of rotatable bonds is 4. The van der Waals surface area contributed by atoms with Crippen LogP contribution in [0.5, 0.6) is 0 Å². The van der Waals surface area contributed by atoms with Gasteiger partial charge in [0.25, 0.3) is 0 Å². The van der Waals surface area contributed by atoms with Crippen molar-refractivity contribution in [3.63, 3.8) is 0 Å². The van der Waals surface area contributed by atoms with E-state index in [1.807, 2.05) is 11.9 Å². The van der Waals surface area contributed by atoms with Crippen molar-refractivity contribution in [2.45, 2.75) is 44.2 Å². The molecule has 0 spiro atoms. The van der Waals surface area contributed by atoms with Gasteiger partial charge in [-0.1, -0.05) is 0 Å². The third-order valence-electron chi connectivity index (χ3n) is 3.56. The molecule has 2 rings (SSSR count). The lowest BCUT2D eigenvalue weighted by atomic mass is 10.1. The number of amides is 1. The summed E-state index contributed by atoms with van der Waals surface area (Å²) in [5, 5.41) is 3.16. The summed E-state index contributed by atoms with van der Waals surface area (Å²) in [4.78, 5) is 14.1. The Morgan fingerprint density at radius 2 is 2.24 bits per heavy atom. The predicted molar refractivity (Wildman–Crippen MR) is 69.5 cm³/mol. The lowest BCUT2D eigenvalue weighted by molar-refractivity contribution is -0.134. The van der Waals surface area contributed by atoms with Crippen molar-refractivity contribution in [3.8, 4) is 0 Å². The molecule has 2 saturated heterocycles. The van der Waals surface area contributed by atoms with Gasteiger partial charge in [-0.05, 0) is 32.7 Å². The molecule has 4 nitrogen and oxygen atoms in total. The molecule has 0 aromatic rings. The summed E-state index contributed by atoms with van der Waals surface area (Å²) < 4.78 is 5.52. The fourth-order valence-electron chi connectivity index (χ4n) is 2.73. The molecule has 0 aromatic carbocycles. The Bertz CT molecular complexity index is 245. The van der Waals surface area contributed by atoms with Crippen LogP contribution in [0.1, 0.15) is 32.1 Å². The highest BCUT2D eigenvalue weighted by Crippen LogP contribution is 2.21. The van der Waals surface area contributed by atoms with E-state index in [0.717, 1.165) is 45.4 Å². The molecule has 1 N–H and O–H groups in total. The van der Waals surface area contributed by atoms with E-state index in [9.17, 15) is 4.79 Å². The maximum absolute atomic E-state index is 12.1. The zero-order valence-corrected chi connectivity index (χ0v) is 11.3. The number of likely N-dealkylation sites (tertiary alicyclic amines) is 1. The summed E-state index contributed by atoms with van der Waals surface area (Å²) in [5.74, 6) is 0.282. The molecule has 100 valence electrons. The Kier molecular flexibility index (Phi) is 6.23. The number of ether oxygens (including phenoxy) is 1. The Morgan fingerprint density at radius 1 is 1.41 bits per heavy atom. The minimum absolute atomic E-state index is 0. The van der Waals surface area contributed by atoms with Gasteiger partial charge in [-0.3, -0.25) is 4.79 Å². The lowest BCUT2D eigenvalue weighted by Gasteiger charge is -2.25. The Balaban J connectivity index is 0.00000144. The Morgan fingerprint density at radius 3 is 2.88 bits per heavy atom. The van der Waals surface area contributed by atoms with E-state index in [1.165, 1.54) is 0 Å². The summed E-state index contributed by atoms with van der Waals surface area (Å²) in [6.07, 6.45) is 5.21. The number of hydrogen-bond acceptors (Lipinski definition) is 3. The first-order valence-corrected chi connectivity index (χ1v) is 6.37. The largest absolute Gasteiger partial charge is 0.378 e. The van der Waals surface area contributed by atoms with E-state index >= 15 is 0 Å². The van der Waals surface area contributed by atoms with E-state index in [-0.39, 0.29) is 24.4 Å². The van der Waals surface area contributed by atoms with Crippen LogP contribution < -0.4 is 5.32 Å². The average Bonchev–Trinajstić information content (AvgIpc) is 2.89. The van der Waals surface area contributed by atoms with Crippen LogP contribution in [0.15, 0.2) is 0 Å². The Labute approximate surface area is 109 Å². The number of nitrogens with zero attached hydrogens (tertiary/aromatic N) is 1. The number of nitrogens with one attached hydrogen (secondary N) is 1. The molecule has 2 atom stereocenters. The van der Waals surface area contributed by atoms with Gasteiger partial charge in [-0.2, -0.15) is 0 Å². The summed E-state index contributed by atoms with van der Waals surface area (Å²) in [5.41, 5.74) is 0. The van der Waals surface area contributed by atoms with Crippen LogP contribution in [0.4, 0.5) is 0 Å². The molecule has 0 aromatic heterocycles. The first kappa shape index (κ1) is 14.7. The molecule has 2 aliphatic rings. The maximum atomic E-state index is 12.1. The molecular weight excluding hydrogens is 240 g/mol. The molecule has 5 heteroatoms. The van der Waals surface area contributed by atoms with Gasteiger partial charge in [0.05, 0.1) is 12.5 Å². The van der Waals surface area contributed by atoms with Crippen LogP contribution in [0, 0.1) is 0 Å². The average molecular weight is 263 g/mol. The number of carbonyl (C=O) groups is 1. The molecular formula is C12H23ClN2O2. The van der Waals surface area contributed by atoms with Crippen LogP contribution in [-0.2, 0) is 9.53 Å². The fourth-order valence-corrected chi connectivity index (χ4v) is 2.73. The van der Waals surface area contributed by atoms with E-state index in [1.54, 1.807) is 0 Å². The van der Waals surface area contributed by atoms with Gasteiger partial charge in [-0.25, -0.2) is 0 Å². The van der Waals surface area contributed by atoms with Crippen LogP contribution in [0.25, 0.3) is 0 Å². The molecule has 0 saturated carbocycles. The minimum atomic E-state index is 0. The normalized spacial score (nSPS) is 28.2. The van der Waals surface area contributed by atoms with Gasteiger partial charge in [-0.15, -0.1) is 12.4 Å². The predicted octanol–water partition coefficient (Wildman–Crippen LogP) is 1.19. The van der Waals surface area contributed by atoms with Crippen molar-refractivity contribution in [1.29, 1.82) is 0 Å². The van der Waals surface area contributed by atoms with E-state index in [4.69, 9.17) is 4.74 Å². The molecule has 0 aliphatic carbocycles. The Hall–Kier alpha value is -0.320. The molecule has 0 radical (unpaired) electrons. The standard InChI is InChI=1S/C12H22N2O2.ClH/c1-13-9-10-4-2-6-14(10)12(15)8-11-5-3-7-16-11;/h10-11,13H,2-9H2,1H3;1H. The van der Waals surface area contributed by atoms with Gasteiger partial charge in [0.1, 0.15) is 0 Å². The zero-order chi connectivity index (χ0) is 11.4. The SMILES string of the molecule is CNCC1CCCN1C(=O)CC1CCCO1.Cl. The summed E-state index contributed by atoms with van der Waals surface area (Å²) in [7, 11) is 1.95. The number of hydrogen-bond donors (Lipinski definition) is 1. The lowest BCUT2D eigenvalue weighted by Crippen LogP contribution is -2.41. The third kappa shape index (κ3) is 3.83. The highest BCUT2D eigenvalue weighted by Gasteiger charge is 2.30. The van der Waals surface area contributed by atoms with Gasteiger partial charge in [0, 0.05) is 25.7 Å². The van der Waals surface area contributed by atoms with Crippen molar-refractivity contribution in [1.82, 2.24) is 10.2 Å². The summed E-state index contributed by atoms with van der Waals surface area (Å²) in [6.45, 7) is 2.67. The molecule has 17 heavy (non-hydrogen) atoms. The van der Waals surface area contributed by atoms with Gasteiger partial charge in [0.15, 0.2) is 0 Å². The highest BCUT2D eigenvalue weighted by molar-refractivity contribution is 5.85. The van der Waals surface area contributed by atoms with Gasteiger partial charge >= 0.3 is 0 Å². The van der Waals surface area contributed by atoms with Crippen molar-refractivity contribution in [3.05, 3.63) is 0 Å². The quantitative estimate of drug-likeness (QED) is 0.828. The van der Waals surface area contributed by atoms with Crippen LogP contribution in [0.2, 0.25) is 0 Å². The second-order valence-corrected chi connectivity index (χ2v) is 4.78. The summed E-state index contributed by atoms with van der Waals surface area (Å²) >= 11 is 0. The second-order valence-electron chi connectivity index (χ2n) is 4.78. The molecule has 0 bridgehead atoms. The number of likely N-dealkylation sites (N-methyl/N-ethyl adjacent to an activating group) is 1. The van der Waals surface area contributed by atoms with Crippen molar-refractivity contribution in [2.24, 2.45) is 0 Å². The zero-order valence-electron chi connectivity index (χ0n) is 10.5. The third-order valence-corrected chi connectivity index (χ3v) is 3.56. The van der Waals surface area contributed by atoms with E-state index < -0.39 is 0 Å².